The number of rotatable bonds is 3. The average Bonchev–Trinajstić information content (AvgIpc) is 2.85. The minimum atomic E-state index is -0.616. The van der Waals surface area contributed by atoms with E-state index in [1.807, 2.05) is 0 Å². The van der Waals surface area contributed by atoms with Crippen LogP contribution in [-0.4, -0.2) is 24.4 Å². The third kappa shape index (κ3) is 3.83. The van der Waals surface area contributed by atoms with Gasteiger partial charge in [-0.05, 0) is 37.6 Å². The van der Waals surface area contributed by atoms with Crippen molar-refractivity contribution in [3.8, 4) is 0 Å². The van der Waals surface area contributed by atoms with Crippen molar-refractivity contribution in [1.29, 1.82) is 0 Å². The van der Waals surface area contributed by atoms with Crippen LogP contribution in [0.4, 0.5) is 5.69 Å². The highest BCUT2D eigenvalue weighted by molar-refractivity contribution is 6.34. The molecule has 0 spiro atoms. The summed E-state index contributed by atoms with van der Waals surface area (Å²) in [7, 11) is 0. The van der Waals surface area contributed by atoms with Gasteiger partial charge in [-0.1, -0.05) is 11.6 Å². The second kappa shape index (κ2) is 6.75. The molecular weight excluding hydrogens is 289 g/mol. The van der Waals surface area contributed by atoms with Crippen LogP contribution < -0.4 is 16.4 Å². The van der Waals surface area contributed by atoms with E-state index >= 15 is 0 Å². The summed E-state index contributed by atoms with van der Waals surface area (Å²) in [6.45, 7) is 0.852. The zero-order valence-corrected chi connectivity index (χ0v) is 11.7. The predicted octanol–water partition coefficient (Wildman–Crippen LogP) is 1.55. The summed E-state index contributed by atoms with van der Waals surface area (Å²) in [5, 5.41) is 6.11. The van der Waals surface area contributed by atoms with Crippen molar-refractivity contribution in [2.24, 2.45) is 5.73 Å². The maximum atomic E-state index is 11.9. The number of carbonyl (C=O) groups excluding carboxylic acids is 2. The summed E-state index contributed by atoms with van der Waals surface area (Å²) < 4.78 is 0. The number of benzene rings is 1. The first kappa shape index (κ1) is 15.8. The molecule has 0 aromatic heterocycles. The second-order valence-electron chi connectivity index (χ2n) is 4.20. The van der Waals surface area contributed by atoms with Crippen LogP contribution in [0, 0.1) is 0 Å². The van der Waals surface area contributed by atoms with E-state index in [4.69, 9.17) is 17.3 Å². The van der Waals surface area contributed by atoms with Crippen molar-refractivity contribution in [2.75, 3.05) is 11.9 Å². The van der Waals surface area contributed by atoms with Gasteiger partial charge in [0.15, 0.2) is 0 Å². The Balaban J connectivity index is 0.00000180. The van der Waals surface area contributed by atoms with Gasteiger partial charge in [0.25, 0.3) is 0 Å². The zero-order chi connectivity index (χ0) is 13.1. The highest BCUT2D eigenvalue weighted by Gasteiger charge is 2.22. The van der Waals surface area contributed by atoms with Crippen molar-refractivity contribution < 1.29 is 9.59 Å². The van der Waals surface area contributed by atoms with E-state index in [2.05, 4.69) is 10.6 Å². The highest BCUT2D eigenvalue weighted by Crippen LogP contribution is 2.20. The van der Waals surface area contributed by atoms with E-state index in [1.54, 1.807) is 12.1 Å². The molecule has 104 valence electrons. The molecule has 5 nitrogen and oxygen atoms in total. The Labute approximate surface area is 122 Å². The molecule has 1 fully saturated rings. The molecular formula is C12H15Cl2N3O2. The first-order valence-corrected chi connectivity index (χ1v) is 6.09. The fourth-order valence-electron chi connectivity index (χ4n) is 1.93. The van der Waals surface area contributed by atoms with Gasteiger partial charge < -0.3 is 16.4 Å². The predicted molar refractivity (Wildman–Crippen MR) is 76.9 cm³/mol. The maximum Gasteiger partial charge on any atom is 0.250 e. The molecule has 2 amide bonds. The summed E-state index contributed by atoms with van der Waals surface area (Å²) in [4.78, 5) is 23.0. The quantitative estimate of drug-likeness (QED) is 0.792. The molecule has 0 radical (unpaired) electrons. The van der Waals surface area contributed by atoms with Crippen LogP contribution in [0.15, 0.2) is 18.2 Å². The molecule has 0 saturated carbocycles. The third-order valence-corrected chi connectivity index (χ3v) is 3.21. The van der Waals surface area contributed by atoms with Crippen LogP contribution in [0.2, 0.25) is 5.02 Å². The maximum absolute atomic E-state index is 11.9. The van der Waals surface area contributed by atoms with E-state index in [0.717, 1.165) is 19.4 Å². The molecule has 1 unspecified atom stereocenters. The smallest absolute Gasteiger partial charge is 0.250 e. The summed E-state index contributed by atoms with van der Waals surface area (Å²) in [5.74, 6) is -0.722. The van der Waals surface area contributed by atoms with Gasteiger partial charge in [0.2, 0.25) is 11.8 Å². The summed E-state index contributed by atoms with van der Waals surface area (Å²) in [5.41, 5.74) is 5.91. The Morgan fingerprint density at radius 3 is 2.74 bits per heavy atom. The van der Waals surface area contributed by atoms with Gasteiger partial charge in [-0.3, -0.25) is 9.59 Å². The van der Waals surface area contributed by atoms with Gasteiger partial charge in [0.05, 0.1) is 16.6 Å². The highest BCUT2D eigenvalue weighted by atomic mass is 35.5. The molecule has 4 N–H and O–H groups in total. The average molecular weight is 304 g/mol. The number of anilines is 1. The van der Waals surface area contributed by atoms with Crippen molar-refractivity contribution >= 4 is 41.5 Å². The number of hydrogen-bond donors (Lipinski definition) is 3. The monoisotopic (exact) mass is 303 g/mol. The minimum Gasteiger partial charge on any atom is -0.366 e. The number of nitrogens with two attached hydrogens (primary N) is 1. The molecule has 0 aliphatic carbocycles. The van der Waals surface area contributed by atoms with Crippen molar-refractivity contribution in [3.05, 3.63) is 28.8 Å². The molecule has 1 heterocycles. The largest absolute Gasteiger partial charge is 0.366 e. The Bertz CT molecular complexity index is 488. The van der Waals surface area contributed by atoms with E-state index in [-0.39, 0.29) is 34.9 Å². The zero-order valence-electron chi connectivity index (χ0n) is 10.1. The number of hydrogen-bond acceptors (Lipinski definition) is 3. The van der Waals surface area contributed by atoms with Gasteiger partial charge in [0.1, 0.15) is 0 Å². The summed E-state index contributed by atoms with van der Waals surface area (Å²) >= 11 is 5.83. The van der Waals surface area contributed by atoms with Gasteiger partial charge >= 0.3 is 0 Å². The molecule has 19 heavy (non-hydrogen) atoms. The van der Waals surface area contributed by atoms with Crippen LogP contribution in [0.5, 0.6) is 0 Å². The Morgan fingerprint density at radius 2 is 2.16 bits per heavy atom. The minimum absolute atomic E-state index is 0. The number of nitrogens with one attached hydrogen (secondary N) is 2. The second-order valence-corrected chi connectivity index (χ2v) is 4.60. The fraction of sp³-hybridized carbons (Fsp3) is 0.333. The van der Waals surface area contributed by atoms with Gasteiger partial charge in [-0.2, -0.15) is 0 Å². The molecule has 1 saturated heterocycles. The number of carbonyl (C=O) groups is 2. The lowest BCUT2D eigenvalue weighted by Crippen LogP contribution is -2.35. The first-order chi connectivity index (χ1) is 8.58. The van der Waals surface area contributed by atoms with Crippen LogP contribution in [0.25, 0.3) is 0 Å². The lowest BCUT2D eigenvalue weighted by molar-refractivity contribution is -0.117. The van der Waals surface area contributed by atoms with Crippen LogP contribution in [0.1, 0.15) is 23.2 Å². The number of primary amides is 1. The van der Waals surface area contributed by atoms with Gasteiger partial charge in [-0.25, -0.2) is 0 Å². The Kier molecular flexibility index (Phi) is 5.60. The van der Waals surface area contributed by atoms with Gasteiger partial charge in [-0.15, -0.1) is 12.4 Å². The molecule has 1 aromatic rings. The van der Waals surface area contributed by atoms with E-state index in [0.29, 0.717) is 5.69 Å². The van der Waals surface area contributed by atoms with E-state index < -0.39 is 5.91 Å². The summed E-state index contributed by atoms with van der Waals surface area (Å²) in [6, 6.07) is 4.50. The summed E-state index contributed by atoms with van der Waals surface area (Å²) in [6.07, 6.45) is 1.81. The lowest BCUT2D eigenvalue weighted by atomic mass is 10.1. The fourth-order valence-corrected chi connectivity index (χ4v) is 2.14. The Hall–Kier alpha value is -1.30. The van der Waals surface area contributed by atoms with Crippen LogP contribution in [-0.2, 0) is 4.79 Å². The standard InChI is InChI=1S/C12H14ClN3O2.ClH/c13-9-4-3-7(6-8(9)11(14)17)16-12(18)10-2-1-5-15-10;/h3-4,6,10,15H,1-2,5H2,(H2,14,17)(H,16,18);1H. The van der Waals surface area contributed by atoms with Crippen LogP contribution >= 0.6 is 24.0 Å². The molecule has 7 heteroatoms. The topological polar surface area (TPSA) is 84.2 Å². The van der Waals surface area contributed by atoms with Crippen LogP contribution in [0.3, 0.4) is 0 Å². The molecule has 1 aliphatic heterocycles. The molecule has 2 rings (SSSR count). The van der Waals surface area contributed by atoms with Crippen molar-refractivity contribution in [1.82, 2.24) is 5.32 Å². The third-order valence-electron chi connectivity index (χ3n) is 2.88. The van der Waals surface area contributed by atoms with E-state index in [1.165, 1.54) is 6.07 Å². The van der Waals surface area contributed by atoms with Gasteiger partial charge in [0, 0.05) is 5.69 Å². The molecule has 1 aromatic carbocycles. The number of amides is 2. The SMILES string of the molecule is Cl.NC(=O)c1cc(NC(=O)C2CCCN2)ccc1Cl. The molecule has 0 bridgehead atoms. The number of halogens is 2. The normalized spacial score (nSPS) is 17.6. The molecule has 1 atom stereocenters. The molecule has 1 aliphatic rings. The Morgan fingerprint density at radius 1 is 1.42 bits per heavy atom. The van der Waals surface area contributed by atoms with Crippen molar-refractivity contribution in [2.45, 2.75) is 18.9 Å². The lowest BCUT2D eigenvalue weighted by Gasteiger charge is -2.12. The van der Waals surface area contributed by atoms with Crippen molar-refractivity contribution in [3.63, 3.8) is 0 Å². The first-order valence-electron chi connectivity index (χ1n) is 5.71. The van der Waals surface area contributed by atoms with E-state index in [9.17, 15) is 9.59 Å².